The Kier molecular flexibility index (Phi) is 2.14. The molecule has 0 radical (unpaired) electrons. The lowest BCUT2D eigenvalue weighted by atomic mass is 9.74. The van der Waals surface area contributed by atoms with Crippen LogP contribution in [0.25, 0.3) is 0 Å². The van der Waals surface area contributed by atoms with E-state index in [0.717, 1.165) is 12.8 Å². The summed E-state index contributed by atoms with van der Waals surface area (Å²) in [7, 11) is 0. The smallest absolute Gasteiger partial charge is 0.0628 e. The average Bonchev–Trinajstić information content (AvgIpc) is 1.96. The van der Waals surface area contributed by atoms with Crippen LogP contribution in [-0.4, -0.2) is 11.2 Å². The highest BCUT2D eigenvalue weighted by Gasteiger charge is 2.31. The molecule has 2 unspecified atom stereocenters. The molecule has 0 heterocycles. The number of aliphatic hydroxyl groups excluding tert-OH is 1. The van der Waals surface area contributed by atoms with E-state index in [4.69, 9.17) is 0 Å². The second-order valence-corrected chi connectivity index (χ2v) is 3.47. The first-order valence-electron chi connectivity index (χ1n) is 4.01. The Morgan fingerprint density at radius 1 is 1.60 bits per heavy atom. The summed E-state index contributed by atoms with van der Waals surface area (Å²) in [5.74, 6) is 0. The number of aliphatic hydroxyl groups is 1. The van der Waals surface area contributed by atoms with Crippen molar-refractivity contribution >= 4 is 0 Å². The van der Waals surface area contributed by atoms with Gasteiger partial charge in [0.05, 0.1) is 6.10 Å². The van der Waals surface area contributed by atoms with Crippen molar-refractivity contribution in [3.8, 4) is 0 Å². The fraction of sp³-hybridized carbons (Fsp3) is 0.778. The fourth-order valence-corrected chi connectivity index (χ4v) is 1.58. The summed E-state index contributed by atoms with van der Waals surface area (Å²) < 4.78 is 0. The van der Waals surface area contributed by atoms with Gasteiger partial charge >= 0.3 is 0 Å². The van der Waals surface area contributed by atoms with Gasteiger partial charge in [-0.3, -0.25) is 0 Å². The second kappa shape index (κ2) is 2.75. The van der Waals surface area contributed by atoms with Gasteiger partial charge in [-0.25, -0.2) is 0 Å². The molecular formula is C9H16O. The van der Waals surface area contributed by atoms with Crippen LogP contribution >= 0.6 is 0 Å². The zero-order chi connectivity index (χ0) is 7.61. The van der Waals surface area contributed by atoms with Crippen molar-refractivity contribution in [2.75, 3.05) is 0 Å². The van der Waals surface area contributed by atoms with Crippen LogP contribution in [0.3, 0.4) is 0 Å². The van der Waals surface area contributed by atoms with Crippen LogP contribution < -0.4 is 0 Å². The standard InChI is InChI=1S/C9H16O/c1-3-9(2)7-5-4-6-8(9)10/h3,8,10H,1,4-7H2,2H3. The lowest BCUT2D eigenvalue weighted by Gasteiger charge is -2.35. The van der Waals surface area contributed by atoms with Crippen LogP contribution in [0, 0.1) is 5.41 Å². The molecule has 1 fully saturated rings. The first-order valence-corrected chi connectivity index (χ1v) is 4.01. The van der Waals surface area contributed by atoms with E-state index in [1.54, 1.807) is 0 Å². The lowest BCUT2D eigenvalue weighted by Crippen LogP contribution is -2.33. The van der Waals surface area contributed by atoms with Gasteiger partial charge in [-0.05, 0) is 12.8 Å². The second-order valence-electron chi connectivity index (χ2n) is 3.47. The molecule has 0 aromatic rings. The summed E-state index contributed by atoms with van der Waals surface area (Å²) in [6.07, 6.45) is 6.19. The third kappa shape index (κ3) is 1.24. The van der Waals surface area contributed by atoms with Crippen LogP contribution in [0.15, 0.2) is 12.7 Å². The number of hydrogen-bond acceptors (Lipinski definition) is 1. The minimum Gasteiger partial charge on any atom is -0.392 e. The van der Waals surface area contributed by atoms with Gasteiger partial charge in [0.25, 0.3) is 0 Å². The van der Waals surface area contributed by atoms with Crippen molar-refractivity contribution < 1.29 is 5.11 Å². The highest BCUT2D eigenvalue weighted by atomic mass is 16.3. The Balaban J connectivity index is 2.62. The van der Waals surface area contributed by atoms with Crippen molar-refractivity contribution in [2.45, 2.75) is 38.7 Å². The van der Waals surface area contributed by atoms with Crippen LogP contribution in [0.5, 0.6) is 0 Å². The molecule has 10 heavy (non-hydrogen) atoms. The first-order chi connectivity index (χ1) is 4.69. The Labute approximate surface area is 62.8 Å². The minimum absolute atomic E-state index is 0.00174. The molecule has 1 aliphatic carbocycles. The topological polar surface area (TPSA) is 20.2 Å². The molecule has 1 nitrogen and oxygen atoms in total. The largest absolute Gasteiger partial charge is 0.392 e. The molecule has 0 spiro atoms. The molecule has 0 saturated heterocycles. The van der Waals surface area contributed by atoms with Crippen molar-refractivity contribution in [2.24, 2.45) is 5.41 Å². The van der Waals surface area contributed by atoms with E-state index in [9.17, 15) is 5.11 Å². The van der Waals surface area contributed by atoms with E-state index in [1.807, 2.05) is 6.08 Å². The molecule has 0 aromatic carbocycles. The van der Waals surface area contributed by atoms with Crippen LogP contribution in [0.1, 0.15) is 32.6 Å². The Morgan fingerprint density at radius 3 is 2.70 bits per heavy atom. The predicted molar refractivity (Wildman–Crippen MR) is 42.8 cm³/mol. The maximum atomic E-state index is 9.56. The Hall–Kier alpha value is -0.300. The molecule has 58 valence electrons. The molecule has 0 amide bonds. The summed E-state index contributed by atoms with van der Waals surface area (Å²) >= 11 is 0. The summed E-state index contributed by atoms with van der Waals surface area (Å²) in [4.78, 5) is 0. The monoisotopic (exact) mass is 140 g/mol. The van der Waals surface area contributed by atoms with Gasteiger partial charge in [0.1, 0.15) is 0 Å². The van der Waals surface area contributed by atoms with Gasteiger partial charge < -0.3 is 5.11 Å². The third-order valence-electron chi connectivity index (χ3n) is 2.67. The van der Waals surface area contributed by atoms with E-state index in [0.29, 0.717) is 0 Å². The number of rotatable bonds is 1. The molecule has 1 N–H and O–H groups in total. The molecule has 1 heteroatoms. The molecule has 1 rings (SSSR count). The van der Waals surface area contributed by atoms with Gasteiger partial charge in [-0.1, -0.05) is 25.8 Å². The van der Waals surface area contributed by atoms with Crippen LogP contribution in [0.4, 0.5) is 0 Å². The van der Waals surface area contributed by atoms with Gasteiger partial charge in [0.2, 0.25) is 0 Å². The molecule has 1 saturated carbocycles. The van der Waals surface area contributed by atoms with Gasteiger partial charge in [0.15, 0.2) is 0 Å². The van der Waals surface area contributed by atoms with E-state index in [1.165, 1.54) is 12.8 Å². The zero-order valence-electron chi connectivity index (χ0n) is 6.64. The van der Waals surface area contributed by atoms with Crippen LogP contribution in [0.2, 0.25) is 0 Å². The summed E-state index contributed by atoms with van der Waals surface area (Å²) in [5.41, 5.74) is -0.00174. The fourth-order valence-electron chi connectivity index (χ4n) is 1.58. The summed E-state index contributed by atoms with van der Waals surface area (Å²) in [6, 6.07) is 0. The zero-order valence-corrected chi connectivity index (χ0v) is 6.64. The molecular weight excluding hydrogens is 124 g/mol. The quantitative estimate of drug-likeness (QED) is 0.553. The molecule has 0 bridgehead atoms. The van der Waals surface area contributed by atoms with Crippen molar-refractivity contribution in [1.29, 1.82) is 0 Å². The van der Waals surface area contributed by atoms with Gasteiger partial charge in [-0.15, -0.1) is 6.58 Å². The molecule has 0 aromatic heterocycles. The summed E-state index contributed by atoms with van der Waals surface area (Å²) in [6.45, 7) is 5.83. The molecule has 0 aliphatic heterocycles. The van der Waals surface area contributed by atoms with Crippen molar-refractivity contribution in [3.63, 3.8) is 0 Å². The maximum absolute atomic E-state index is 9.56. The molecule has 1 aliphatic rings. The normalized spacial score (nSPS) is 41.2. The Bertz CT molecular complexity index is 131. The maximum Gasteiger partial charge on any atom is 0.0628 e. The van der Waals surface area contributed by atoms with Gasteiger partial charge in [0, 0.05) is 5.41 Å². The van der Waals surface area contributed by atoms with E-state index >= 15 is 0 Å². The SMILES string of the molecule is C=CC1(C)CCCCC1O. The predicted octanol–water partition coefficient (Wildman–Crippen LogP) is 2.11. The highest BCUT2D eigenvalue weighted by Crippen LogP contribution is 2.36. The van der Waals surface area contributed by atoms with Crippen molar-refractivity contribution in [3.05, 3.63) is 12.7 Å². The lowest BCUT2D eigenvalue weighted by molar-refractivity contribution is 0.0330. The summed E-state index contributed by atoms with van der Waals surface area (Å²) in [5, 5.41) is 9.56. The molecule has 2 atom stereocenters. The highest BCUT2D eigenvalue weighted by molar-refractivity contribution is 4.98. The van der Waals surface area contributed by atoms with Crippen molar-refractivity contribution in [1.82, 2.24) is 0 Å². The average molecular weight is 140 g/mol. The first kappa shape index (κ1) is 7.80. The minimum atomic E-state index is -0.154. The number of hydrogen-bond donors (Lipinski definition) is 1. The van der Waals surface area contributed by atoms with Gasteiger partial charge in [-0.2, -0.15) is 0 Å². The third-order valence-corrected chi connectivity index (χ3v) is 2.67. The van der Waals surface area contributed by atoms with E-state index in [-0.39, 0.29) is 11.5 Å². The van der Waals surface area contributed by atoms with E-state index < -0.39 is 0 Å². The Morgan fingerprint density at radius 2 is 2.30 bits per heavy atom. The van der Waals surface area contributed by atoms with Crippen LogP contribution in [-0.2, 0) is 0 Å². The van der Waals surface area contributed by atoms with E-state index in [2.05, 4.69) is 13.5 Å².